The van der Waals surface area contributed by atoms with Crippen molar-refractivity contribution in [1.82, 2.24) is 19.8 Å². The van der Waals surface area contributed by atoms with Crippen molar-refractivity contribution in [3.05, 3.63) is 35.9 Å². The number of hydrogen-bond acceptors (Lipinski definition) is 9. The van der Waals surface area contributed by atoms with Gasteiger partial charge in [0.25, 0.3) is 5.91 Å². The van der Waals surface area contributed by atoms with Gasteiger partial charge in [0.1, 0.15) is 24.4 Å². The van der Waals surface area contributed by atoms with E-state index in [4.69, 9.17) is 4.74 Å². The van der Waals surface area contributed by atoms with Gasteiger partial charge in [0.05, 0.1) is 6.26 Å². The van der Waals surface area contributed by atoms with Crippen LogP contribution in [0.3, 0.4) is 0 Å². The molecule has 0 unspecified atom stereocenters. The highest BCUT2D eigenvalue weighted by Crippen LogP contribution is 2.22. The number of nitrogens with zero attached hydrogens (tertiary/aromatic N) is 4. The van der Waals surface area contributed by atoms with Gasteiger partial charge >= 0.3 is 5.97 Å². The molecule has 0 aliphatic carbocycles. The van der Waals surface area contributed by atoms with Crippen molar-refractivity contribution in [2.75, 3.05) is 39.1 Å². The van der Waals surface area contributed by atoms with Crippen LogP contribution >= 0.6 is 0 Å². The maximum absolute atomic E-state index is 13.5. The largest absolute Gasteiger partial charge is 0.460 e. The van der Waals surface area contributed by atoms with E-state index in [-0.39, 0.29) is 30.6 Å². The average molecular weight is 635 g/mol. The molecule has 0 aromatic heterocycles. The number of hydrogen-bond donors (Lipinski definition) is 2. The lowest BCUT2D eigenvalue weighted by Gasteiger charge is -2.31. The van der Waals surface area contributed by atoms with Gasteiger partial charge in [-0.25, -0.2) is 13.1 Å². The molecule has 0 bridgehead atoms. The predicted octanol–water partition coefficient (Wildman–Crippen LogP) is 2.02. The third-order valence-electron chi connectivity index (χ3n) is 7.85. The summed E-state index contributed by atoms with van der Waals surface area (Å²) in [4.78, 5) is 53.5. The SMILES string of the molecule is CC(=O)OC(C)(C)CCC(=O)N=NCN1CCC(CNC(=O)[C@@H]2CCCN2C(=O)[C@@H](Cc2ccccc2)NS(C)(=O)=O)CC1. The minimum Gasteiger partial charge on any atom is -0.460 e. The highest BCUT2D eigenvalue weighted by molar-refractivity contribution is 7.88. The zero-order valence-corrected chi connectivity index (χ0v) is 27.0. The van der Waals surface area contributed by atoms with Gasteiger partial charge in [-0.3, -0.25) is 24.1 Å². The van der Waals surface area contributed by atoms with Crippen LogP contribution in [0.4, 0.5) is 0 Å². The number of sulfonamides is 1. The van der Waals surface area contributed by atoms with Crippen molar-refractivity contribution in [1.29, 1.82) is 0 Å². The maximum atomic E-state index is 13.5. The summed E-state index contributed by atoms with van der Waals surface area (Å²) in [6.45, 7) is 7.51. The quantitative estimate of drug-likeness (QED) is 0.232. The van der Waals surface area contributed by atoms with Crippen LogP contribution in [0.25, 0.3) is 0 Å². The molecular weight excluding hydrogens is 588 g/mol. The molecule has 3 rings (SSSR count). The van der Waals surface area contributed by atoms with Crippen LogP contribution in [0.15, 0.2) is 40.6 Å². The fourth-order valence-corrected chi connectivity index (χ4v) is 6.28. The predicted molar refractivity (Wildman–Crippen MR) is 164 cm³/mol. The van der Waals surface area contributed by atoms with Gasteiger partial charge in [0.15, 0.2) is 0 Å². The summed E-state index contributed by atoms with van der Waals surface area (Å²) in [6.07, 6.45) is 4.58. The van der Waals surface area contributed by atoms with Gasteiger partial charge in [-0.05, 0) is 63.9 Å². The molecule has 2 atom stereocenters. The molecule has 0 saturated carbocycles. The van der Waals surface area contributed by atoms with Crippen LogP contribution in [0.2, 0.25) is 0 Å². The van der Waals surface area contributed by atoms with E-state index in [1.54, 1.807) is 13.8 Å². The standard InChI is InChI=1S/C30H46N6O7S/c1-22(37)43-30(2,3)15-12-27(38)33-32-21-35-17-13-24(14-18-35)20-31-28(39)26-11-8-16-36(26)29(40)25(34-44(4,41)42)19-23-9-6-5-7-10-23/h5-7,9-10,24-26,34H,8,11-21H2,1-4H3,(H,31,39)/t25-,26+/m1/s1. The molecule has 2 saturated heterocycles. The van der Waals surface area contributed by atoms with Crippen molar-refractivity contribution in [2.45, 2.75) is 83.4 Å². The second kappa shape index (κ2) is 16.2. The second-order valence-corrected chi connectivity index (χ2v) is 14.0. The van der Waals surface area contributed by atoms with Gasteiger partial charge < -0.3 is 15.0 Å². The topological polar surface area (TPSA) is 167 Å². The smallest absolute Gasteiger partial charge is 0.303 e. The number of nitrogens with one attached hydrogen (secondary N) is 2. The lowest BCUT2D eigenvalue weighted by molar-refractivity contribution is -0.154. The normalized spacial score (nSPS) is 19.2. The van der Waals surface area contributed by atoms with Crippen molar-refractivity contribution >= 4 is 33.7 Å². The molecule has 2 fully saturated rings. The molecule has 0 spiro atoms. The Morgan fingerprint density at radius 3 is 2.39 bits per heavy atom. The van der Waals surface area contributed by atoms with E-state index in [0.29, 0.717) is 39.0 Å². The Hall–Kier alpha value is -3.23. The summed E-state index contributed by atoms with van der Waals surface area (Å²) >= 11 is 0. The first-order valence-electron chi connectivity index (χ1n) is 15.1. The minimum absolute atomic E-state index is 0.136. The number of likely N-dealkylation sites (tertiary alicyclic amines) is 2. The molecule has 2 aliphatic heterocycles. The van der Waals surface area contributed by atoms with E-state index in [9.17, 15) is 27.6 Å². The third kappa shape index (κ3) is 12.0. The van der Waals surface area contributed by atoms with Crippen LogP contribution < -0.4 is 10.0 Å². The molecule has 3 amide bonds. The van der Waals surface area contributed by atoms with Crippen molar-refractivity contribution in [3.63, 3.8) is 0 Å². The van der Waals surface area contributed by atoms with E-state index in [2.05, 4.69) is 25.2 Å². The van der Waals surface area contributed by atoms with Gasteiger partial charge in [-0.2, -0.15) is 5.11 Å². The number of benzene rings is 1. The first-order valence-corrected chi connectivity index (χ1v) is 17.0. The minimum atomic E-state index is -3.65. The van der Waals surface area contributed by atoms with Crippen molar-refractivity contribution in [2.24, 2.45) is 16.1 Å². The van der Waals surface area contributed by atoms with E-state index in [0.717, 1.165) is 37.8 Å². The fraction of sp³-hybridized carbons (Fsp3) is 0.667. The van der Waals surface area contributed by atoms with E-state index >= 15 is 0 Å². The maximum Gasteiger partial charge on any atom is 0.303 e. The summed E-state index contributed by atoms with van der Waals surface area (Å²) in [5.41, 5.74) is 0.0852. The molecular formula is C30H46N6O7S. The highest BCUT2D eigenvalue weighted by Gasteiger charge is 2.38. The zero-order chi connectivity index (χ0) is 32.3. The van der Waals surface area contributed by atoms with Crippen LogP contribution in [0.5, 0.6) is 0 Å². The lowest BCUT2D eigenvalue weighted by atomic mass is 9.97. The summed E-state index contributed by atoms with van der Waals surface area (Å²) < 4.78 is 31.7. The number of amides is 3. The zero-order valence-electron chi connectivity index (χ0n) is 26.2. The van der Waals surface area contributed by atoms with Gasteiger partial charge in [-0.15, -0.1) is 5.11 Å². The number of ether oxygens (including phenoxy) is 1. The van der Waals surface area contributed by atoms with E-state index in [1.807, 2.05) is 30.3 Å². The van der Waals surface area contributed by atoms with Crippen molar-refractivity contribution in [3.8, 4) is 0 Å². The first kappa shape index (κ1) is 35.3. The summed E-state index contributed by atoms with van der Waals surface area (Å²) in [6, 6.07) is 7.55. The number of carbonyl (C=O) groups excluding carboxylic acids is 4. The summed E-state index contributed by atoms with van der Waals surface area (Å²) in [5.74, 6) is -1.11. The molecule has 244 valence electrons. The first-order chi connectivity index (χ1) is 20.7. The Morgan fingerprint density at radius 1 is 1.07 bits per heavy atom. The average Bonchev–Trinajstić information content (AvgIpc) is 3.44. The van der Waals surface area contributed by atoms with Gasteiger partial charge in [-0.1, -0.05) is 30.3 Å². The molecule has 1 aromatic carbocycles. The summed E-state index contributed by atoms with van der Waals surface area (Å²) in [5, 5.41) is 10.8. The molecule has 0 radical (unpaired) electrons. The molecule has 2 N–H and O–H groups in total. The number of carbonyl (C=O) groups is 4. The Kier molecular flexibility index (Phi) is 13.0. The number of azo groups is 1. The molecule has 44 heavy (non-hydrogen) atoms. The van der Waals surface area contributed by atoms with E-state index < -0.39 is 39.6 Å². The molecule has 1 aromatic rings. The van der Waals surface area contributed by atoms with Crippen LogP contribution in [0.1, 0.15) is 64.9 Å². The number of rotatable bonds is 14. The lowest BCUT2D eigenvalue weighted by Crippen LogP contribution is -2.54. The third-order valence-corrected chi connectivity index (χ3v) is 8.57. The Morgan fingerprint density at radius 2 is 1.75 bits per heavy atom. The second-order valence-electron chi connectivity index (χ2n) is 12.3. The molecule has 14 heteroatoms. The highest BCUT2D eigenvalue weighted by atomic mass is 32.2. The number of piperidine rings is 1. The fourth-order valence-electron chi connectivity index (χ4n) is 5.58. The van der Waals surface area contributed by atoms with Gasteiger partial charge in [0.2, 0.25) is 21.8 Å². The Balaban J connectivity index is 1.43. The van der Waals surface area contributed by atoms with Crippen molar-refractivity contribution < 1.29 is 32.3 Å². The molecule has 13 nitrogen and oxygen atoms in total. The van der Waals surface area contributed by atoms with Crippen LogP contribution in [0, 0.1) is 5.92 Å². The number of esters is 1. The molecule has 2 aliphatic rings. The van der Waals surface area contributed by atoms with Crippen LogP contribution in [-0.2, 0) is 40.4 Å². The molecule has 2 heterocycles. The van der Waals surface area contributed by atoms with Gasteiger partial charge in [0, 0.05) is 39.5 Å². The van der Waals surface area contributed by atoms with E-state index in [1.165, 1.54) is 11.8 Å². The Labute approximate surface area is 260 Å². The Bertz CT molecular complexity index is 1280. The monoisotopic (exact) mass is 634 g/mol. The van der Waals surface area contributed by atoms with Crippen LogP contribution in [-0.4, -0.2) is 98.7 Å². The summed E-state index contributed by atoms with van der Waals surface area (Å²) in [7, 11) is -3.65.